The normalized spacial score (nSPS) is 12.1. The molecule has 0 saturated heterocycles. The van der Waals surface area contributed by atoms with Gasteiger partial charge in [0.05, 0.1) is 26.4 Å². The van der Waals surface area contributed by atoms with Gasteiger partial charge in [0, 0.05) is 0 Å². The fraction of sp³-hybridized carbons (Fsp3) is 0.833. The standard InChI is InChI=1S/C6H13NO5/c8-2-1-7(12)6(3-9,4-10)5-11/h2,9-12H,1,3-5H2. The molecule has 0 saturated carbocycles. The molecular weight excluding hydrogens is 166 g/mol. The fourth-order valence-electron chi connectivity index (χ4n) is 0.659. The van der Waals surface area contributed by atoms with Crippen molar-refractivity contribution in [3.8, 4) is 0 Å². The van der Waals surface area contributed by atoms with E-state index >= 15 is 0 Å². The van der Waals surface area contributed by atoms with E-state index in [1.807, 2.05) is 0 Å². The molecule has 0 aliphatic heterocycles. The molecule has 0 aromatic carbocycles. The third kappa shape index (κ3) is 2.23. The molecule has 0 aromatic rings. The first kappa shape index (κ1) is 11.5. The first-order chi connectivity index (χ1) is 5.66. The van der Waals surface area contributed by atoms with Crippen molar-refractivity contribution in [2.45, 2.75) is 5.54 Å². The van der Waals surface area contributed by atoms with Crippen LogP contribution in [0.2, 0.25) is 0 Å². The van der Waals surface area contributed by atoms with E-state index in [2.05, 4.69) is 0 Å². The summed E-state index contributed by atoms with van der Waals surface area (Å²) in [6.07, 6.45) is 0.399. The first-order valence-corrected chi connectivity index (χ1v) is 3.39. The molecule has 0 fully saturated rings. The molecule has 4 N–H and O–H groups in total. The number of hydrogen-bond donors (Lipinski definition) is 4. The summed E-state index contributed by atoms with van der Waals surface area (Å²) in [7, 11) is 0. The van der Waals surface area contributed by atoms with Crippen molar-refractivity contribution in [3.05, 3.63) is 0 Å². The van der Waals surface area contributed by atoms with Gasteiger partial charge < -0.3 is 25.3 Å². The summed E-state index contributed by atoms with van der Waals surface area (Å²) in [5, 5.41) is 35.7. The van der Waals surface area contributed by atoms with Gasteiger partial charge in [-0.3, -0.25) is 0 Å². The molecule has 0 spiro atoms. The predicted octanol–water partition coefficient (Wildman–Crippen LogP) is -2.41. The van der Waals surface area contributed by atoms with E-state index in [0.29, 0.717) is 11.3 Å². The lowest BCUT2D eigenvalue weighted by molar-refractivity contribution is -0.208. The van der Waals surface area contributed by atoms with Gasteiger partial charge in [-0.2, -0.15) is 5.06 Å². The van der Waals surface area contributed by atoms with Crippen LogP contribution in [-0.2, 0) is 4.79 Å². The zero-order valence-electron chi connectivity index (χ0n) is 6.55. The summed E-state index contributed by atoms with van der Waals surface area (Å²) in [5.41, 5.74) is -1.54. The maximum Gasteiger partial charge on any atom is 0.136 e. The number of nitrogens with zero attached hydrogens (tertiary/aromatic N) is 1. The van der Waals surface area contributed by atoms with E-state index in [1.54, 1.807) is 0 Å². The summed E-state index contributed by atoms with van der Waals surface area (Å²) < 4.78 is 0. The van der Waals surface area contributed by atoms with Crippen LogP contribution in [-0.4, -0.2) is 63.8 Å². The van der Waals surface area contributed by atoms with Crippen molar-refractivity contribution in [3.63, 3.8) is 0 Å². The molecule has 0 rings (SSSR count). The number of carbonyl (C=O) groups is 1. The van der Waals surface area contributed by atoms with Gasteiger partial charge in [-0.05, 0) is 0 Å². The predicted molar refractivity (Wildman–Crippen MR) is 38.5 cm³/mol. The minimum atomic E-state index is -1.54. The Morgan fingerprint density at radius 1 is 1.17 bits per heavy atom. The highest BCUT2D eigenvalue weighted by molar-refractivity contribution is 5.51. The van der Waals surface area contributed by atoms with Crippen molar-refractivity contribution in [1.82, 2.24) is 5.06 Å². The third-order valence-electron chi connectivity index (χ3n) is 1.68. The quantitative estimate of drug-likeness (QED) is 0.268. The van der Waals surface area contributed by atoms with E-state index < -0.39 is 25.4 Å². The summed E-state index contributed by atoms with van der Waals surface area (Å²) in [6.45, 7) is -2.28. The van der Waals surface area contributed by atoms with Crippen molar-refractivity contribution < 1.29 is 25.3 Å². The Hall–Kier alpha value is -0.530. The molecule has 12 heavy (non-hydrogen) atoms. The molecule has 6 nitrogen and oxygen atoms in total. The van der Waals surface area contributed by atoms with Crippen LogP contribution >= 0.6 is 0 Å². The second-order valence-electron chi connectivity index (χ2n) is 2.45. The molecule has 0 aliphatic carbocycles. The van der Waals surface area contributed by atoms with Crippen LogP contribution in [0, 0.1) is 0 Å². The van der Waals surface area contributed by atoms with Gasteiger partial charge in [0.1, 0.15) is 11.8 Å². The number of hydrogen-bond acceptors (Lipinski definition) is 6. The molecule has 6 heteroatoms. The number of rotatable bonds is 6. The van der Waals surface area contributed by atoms with E-state index in [9.17, 15) is 4.79 Å². The van der Waals surface area contributed by atoms with Crippen molar-refractivity contribution >= 4 is 6.29 Å². The van der Waals surface area contributed by atoms with Gasteiger partial charge in [-0.25, -0.2) is 0 Å². The van der Waals surface area contributed by atoms with Crippen LogP contribution in [0.15, 0.2) is 0 Å². The fourth-order valence-corrected chi connectivity index (χ4v) is 0.659. The average Bonchev–Trinajstić information content (AvgIpc) is 2.09. The van der Waals surface area contributed by atoms with Crippen LogP contribution in [0.25, 0.3) is 0 Å². The van der Waals surface area contributed by atoms with E-state index in [-0.39, 0.29) is 6.54 Å². The van der Waals surface area contributed by atoms with Gasteiger partial charge in [0.2, 0.25) is 0 Å². The third-order valence-corrected chi connectivity index (χ3v) is 1.68. The molecule has 0 amide bonds. The SMILES string of the molecule is O=CCN(O)C(CO)(CO)CO. The maximum atomic E-state index is 9.96. The van der Waals surface area contributed by atoms with Crippen LogP contribution in [0.1, 0.15) is 0 Å². The molecular formula is C6H13NO5. The highest BCUT2D eigenvalue weighted by Crippen LogP contribution is 2.10. The molecule has 0 aromatic heterocycles. The van der Waals surface area contributed by atoms with Crippen molar-refractivity contribution in [2.24, 2.45) is 0 Å². The van der Waals surface area contributed by atoms with Gasteiger partial charge in [-0.1, -0.05) is 0 Å². The largest absolute Gasteiger partial charge is 0.394 e. The average molecular weight is 179 g/mol. The maximum absolute atomic E-state index is 9.96. The Balaban J connectivity index is 4.34. The second-order valence-corrected chi connectivity index (χ2v) is 2.45. The van der Waals surface area contributed by atoms with Gasteiger partial charge in [0.25, 0.3) is 0 Å². The van der Waals surface area contributed by atoms with Crippen molar-refractivity contribution in [1.29, 1.82) is 0 Å². The summed E-state index contributed by atoms with van der Waals surface area (Å²) in [6, 6.07) is 0. The number of carbonyl (C=O) groups excluding carboxylic acids is 1. The molecule has 0 radical (unpaired) electrons. The highest BCUT2D eigenvalue weighted by atomic mass is 16.5. The summed E-state index contributed by atoms with van der Waals surface area (Å²) in [4.78, 5) is 9.96. The minimum Gasteiger partial charge on any atom is -0.394 e. The lowest BCUT2D eigenvalue weighted by Crippen LogP contribution is -2.56. The molecule has 72 valence electrons. The van der Waals surface area contributed by atoms with Gasteiger partial charge in [0.15, 0.2) is 0 Å². The topological polar surface area (TPSA) is 101 Å². The number of hydroxylamine groups is 2. The molecule has 0 bridgehead atoms. The number of aldehydes is 1. The Morgan fingerprint density at radius 2 is 1.58 bits per heavy atom. The highest BCUT2D eigenvalue weighted by Gasteiger charge is 2.34. The van der Waals surface area contributed by atoms with Gasteiger partial charge in [-0.15, -0.1) is 0 Å². The zero-order valence-corrected chi connectivity index (χ0v) is 6.55. The zero-order chi connectivity index (χ0) is 9.61. The molecule has 0 atom stereocenters. The molecule has 0 heterocycles. The molecule has 0 unspecified atom stereocenters. The Kier molecular flexibility index (Phi) is 4.95. The van der Waals surface area contributed by atoms with Crippen LogP contribution in [0.5, 0.6) is 0 Å². The van der Waals surface area contributed by atoms with Crippen LogP contribution in [0.4, 0.5) is 0 Å². The monoisotopic (exact) mass is 179 g/mol. The smallest absolute Gasteiger partial charge is 0.136 e. The number of aliphatic hydroxyl groups excluding tert-OH is 3. The Labute approximate surface area is 69.6 Å². The molecule has 0 aliphatic rings. The van der Waals surface area contributed by atoms with E-state index in [0.717, 1.165) is 0 Å². The second kappa shape index (κ2) is 5.18. The number of aliphatic hydroxyl groups is 3. The van der Waals surface area contributed by atoms with Crippen molar-refractivity contribution in [2.75, 3.05) is 26.4 Å². The summed E-state index contributed by atoms with van der Waals surface area (Å²) in [5.74, 6) is 0. The van der Waals surface area contributed by atoms with Gasteiger partial charge >= 0.3 is 0 Å². The van der Waals surface area contributed by atoms with E-state index in [4.69, 9.17) is 20.5 Å². The minimum absolute atomic E-state index is 0.373. The lowest BCUT2D eigenvalue weighted by atomic mass is 10.0. The summed E-state index contributed by atoms with van der Waals surface area (Å²) >= 11 is 0. The van der Waals surface area contributed by atoms with E-state index in [1.165, 1.54) is 0 Å². The Morgan fingerprint density at radius 3 is 1.83 bits per heavy atom. The van der Waals surface area contributed by atoms with Crippen LogP contribution < -0.4 is 0 Å². The van der Waals surface area contributed by atoms with Crippen LogP contribution in [0.3, 0.4) is 0 Å². The lowest BCUT2D eigenvalue weighted by Gasteiger charge is -2.33. The Bertz CT molecular complexity index is 128. The first-order valence-electron chi connectivity index (χ1n) is 3.39.